The minimum Gasteiger partial charge on any atom is -0.497 e. The number of methoxy groups -OCH3 is 1. The third-order valence-corrected chi connectivity index (χ3v) is 4.32. The molecule has 0 fully saturated rings. The Bertz CT molecular complexity index is 886. The second-order valence-electron chi connectivity index (χ2n) is 5.98. The van der Waals surface area contributed by atoms with Gasteiger partial charge in [0.2, 0.25) is 0 Å². The number of hydrogen-bond acceptors (Lipinski definition) is 4. The topological polar surface area (TPSA) is 69.0 Å². The molecule has 0 aliphatic carbocycles. The van der Waals surface area contributed by atoms with Gasteiger partial charge in [-0.25, -0.2) is 9.67 Å². The average Bonchev–Trinajstić information content (AvgIpc) is 2.97. The van der Waals surface area contributed by atoms with Crippen LogP contribution in [0, 0.1) is 13.8 Å². The minimum atomic E-state index is -0.0972. The van der Waals surface area contributed by atoms with Crippen LogP contribution in [-0.2, 0) is 6.42 Å². The Morgan fingerprint density at radius 1 is 1.15 bits per heavy atom. The molecule has 0 bridgehead atoms. The van der Waals surface area contributed by atoms with Crippen molar-refractivity contribution in [2.75, 3.05) is 13.7 Å². The highest BCUT2D eigenvalue weighted by molar-refractivity contribution is 5.94. The van der Waals surface area contributed by atoms with Crippen molar-refractivity contribution in [1.82, 2.24) is 20.1 Å². The van der Waals surface area contributed by atoms with E-state index in [1.165, 1.54) is 0 Å². The van der Waals surface area contributed by atoms with E-state index in [2.05, 4.69) is 15.4 Å². The molecule has 6 nitrogen and oxygen atoms in total. The fraction of sp³-hybridized carbons (Fsp3) is 0.250. The SMILES string of the molecule is COc1ccc(C(=O)NCCc2c(C)nn(-c3ccccn3)c2C)cc1. The number of pyridine rings is 1. The number of rotatable bonds is 6. The standard InChI is InChI=1S/C20H22N4O2/c1-14-18(15(2)24(23-14)19-6-4-5-12-21-19)11-13-22-20(25)16-7-9-17(26-3)10-8-16/h4-10,12H,11,13H2,1-3H3,(H,22,25). The average molecular weight is 350 g/mol. The Labute approximate surface area is 152 Å². The fourth-order valence-corrected chi connectivity index (χ4v) is 2.88. The monoisotopic (exact) mass is 350 g/mol. The van der Waals surface area contributed by atoms with Gasteiger partial charge >= 0.3 is 0 Å². The molecular formula is C20H22N4O2. The van der Waals surface area contributed by atoms with E-state index in [0.29, 0.717) is 18.5 Å². The molecule has 0 radical (unpaired) electrons. The normalized spacial score (nSPS) is 10.6. The van der Waals surface area contributed by atoms with Crippen LogP contribution in [0.25, 0.3) is 5.82 Å². The highest BCUT2D eigenvalue weighted by Gasteiger charge is 2.13. The molecular weight excluding hydrogens is 328 g/mol. The Morgan fingerprint density at radius 2 is 1.92 bits per heavy atom. The van der Waals surface area contributed by atoms with E-state index in [1.807, 2.05) is 36.7 Å². The first-order valence-corrected chi connectivity index (χ1v) is 8.49. The maximum Gasteiger partial charge on any atom is 0.251 e. The van der Waals surface area contributed by atoms with E-state index < -0.39 is 0 Å². The van der Waals surface area contributed by atoms with Gasteiger partial charge in [-0.05, 0) is 62.2 Å². The molecule has 6 heteroatoms. The zero-order valence-electron chi connectivity index (χ0n) is 15.2. The highest BCUT2D eigenvalue weighted by Crippen LogP contribution is 2.17. The van der Waals surface area contributed by atoms with Crippen LogP contribution < -0.4 is 10.1 Å². The molecule has 0 spiro atoms. The van der Waals surface area contributed by atoms with Gasteiger partial charge in [-0.15, -0.1) is 0 Å². The first-order chi connectivity index (χ1) is 12.6. The van der Waals surface area contributed by atoms with Crippen LogP contribution in [-0.4, -0.2) is 34.3 Å². The predicted molar refractivity (Wildman–Crippen MR) is 99.9 cm³/mol. The Morgan fingerprint density at radius 3 is 2.58 bits per heavy atom. The first kappa shape index (κ1) is 17.7. The number of carbonyl (C=O) groups is 1. The molecule has 134 valence electrons. The van der Waals surface area contributed by atoms with Crippen LogP contribution in [0.3, 0.4) is 0 Å². The van der Waals surface area contributed by atoms with Gasteiger partial charge in [-0.2, -0.15) is 5.10 Å². The number of ether oxygens (including phenoxy) is 1. The molecule has 0 aliphatic heterocycles. The van der Waals surface area contributed by atoms with Gasteiger partial charge < -0.3 is 10.1 Å². The van der Waals surface area contributed by atoms with Gasteiger partial charge in [0.25, 0.3) is 5.91 Å². The van der Waals surface area contributed by atoms with Crippen molar-refractivity contribution >= 4 is 5.91 Å². The lowest BCUT2D eigenvalue weighted by Gasteiger charge is -2.07. The third-order valence-electron chi connectivity index (χ3n) is 4.32. The number of hydrogen-bond donors (Lipinski definition) is 1. The molecule has 0 atom stereocenters. The number of benzene rings is 1. The maximum absolute atomic E-state index is 12.2. The van der Waals surface area contributed by atoms with Gasteiger partial charge in [-0.1, -0.05) is 6.07 Å². The van der Waals surface area contributed by atoms with Crippen molar-refractivity contribution in [2.45, 2.75) is 20.3 Å². The lowest BCUT2D eigenvalue weighted by atomic mass is 10.1. The van der Waals surface area contributed by atoms with Crippen molar-refractivity contribution in [3.8, 4) is 11.6 Å². The number of nitrogens with zero attached hydrogens (tertiary/aromatic N) is 3. The predicted octanol–water partition coefficient (Wildman–Crippen LogP) is 2.87. The largest absolute Gasteiger partial charge is 0.497 e. The summed E-state index contributed by atoms with van der Waals surface area (Å²) in [5.41, 5.74) is 3.74. The van der Waals surface area contributed by atoms with E-state index in [0.717, 1.165) is 28.5 Å². The van der Waals surface area contributed by atoms with Gasteiger partial charge in [0, 0.05) is 24.0 Å². The molecule has 2 aromatic heterocycles. The van der Waals surface area contributed by atoms with Crippen molar-refractivity contribution in [3.05, 3.63) is 71.2 Å². The second kappa shape index (κ2) is 7.82. The molecule has 1 N–H and O–H groups in total. The number of carbonyl (C=O) groups excluding carboxylic acids is 1. The van der Waals surface area contributed by atoms with E-state index in [1.54, 1.807) is 37.6 Å². The molecule has 26 heavy (non-hydrogen) atoms. The van der Waals surface area contributed by atoms with E-state index in [4.69, 9.17) is 4.74 Å². The smallest absolute Gasteiger partial charge is 0.251 e. The molecule has 2 heterocycles. The number of nitrogens with one attached hydrogen (secondary N) is 1. The second-order valence-corrected chi connectivity index (χ2v) is 5.98. The minimum absolute atomic E-state index is 0.0972. The molecule has 1 aromatic carbocycles. The number of amides is 1. The summed E-state index contributed by atoms with van der Waals surface area (Å²) in [5, 5.41) is 7.54. The fourth-order valence-electron chi connectivity index (χ4n) is 2.88. The highest BCUT2D eigenvalue weighted by atomic mass is 16.5. The molecule has 3 aromatic rings. The lowest BCUT2D eigenvalue weighted by molar-refractivity contribution is 0.0954. The van der Waals surface area contributed by atoms with Crippen molar-refractivity contribution < 1.29 is 9.53 Å². The molecule has 0 saturated carbocycles. The Hall–Kier alpha value is -3.15. The summed E-state index contributed by atoms with van der Waals surface area (Å²) in [4.78, 5) is 16.6. The first-order valence-electron chi connectivity index (χ1n) is 8.49. The van der Waals surface area contributed by atoms with Crippen molar-refractivity contribution in [2.24, 2.45) is 0 Å². The quantitative estimate of drug-likeness (QED) is 0.742. The van der Waals surface area contributed by atoms with Gasteiger partial charge in [0.05, 0.1) is 12.8 Å². The van der Waals surface area contributed by atoms with Gasteiger partial charge in [-0.3, -0.25) is 4.79 Å². The summed E-state index contributed by atoms with van der Waals surface area (Å²) in [6.07, 6.45) is 2.47. The van der Waals surface area contributed by atoms with Crippen molar-refractivity contribution in [1.29, 1.82) is 0 Å². The maximum atomic E-state index is 12.2. The van der Waals surface area contributed by atoms with E-state index in [9.17, 15) is 4.79 Å². The summed E-state index contributed by atoms with van der Waals surface area (Å²) >= 11 is 0. The zero-order chi connectivity index (χ0) is 18.5. The molecule has 3 rings (SSSR count). The van der Waals surface area contributed by atoms with Crippen LogP contribution in [0.5, 0.6) is 5.75 Å². The van der Waals surface area contributed by atoms with E-state index in [-0.39, 0.29) is 5.91 Å². The Balaban J connectivity index is 1.64. The summed E-state index contributed by atoms with van der Waals surface area (Å²) in [6, 6.07) is 12.8. The Kier molecular flexibility index (Phi) is 5.31. The molecule has 0 aliphatic rings. The lowest BCUT2D eigenvalue weighted by Crippen LogP contribution is -2.25. The molecule has 0 saturated heterocycles. The van der Waals surface area contributed by atoms with Gasteiger partial charge in [0.1, 0.15) is 5.75 Å². The number of aryl methyl sites for hydroxylation is 1. The van der Waals surface area contributed by atoms with Crippen LogP contribution in [0.15, 0.2) is 48.7 Å². The van der Waals surface area contributed by atoms with Crippen LogP contribution in [0.1, 0.15) is 27.3 Å². The summed E-state index contributed by atoms with van der Waals surface area (Å²) in [6.45, 7) is 4.54. The zero-order valence-corrected chi connectivity index (χ0v) is 15.2. The molecule has 1 amide bonds. The van der Waals surface area contributed by atoms with Crippen LogP contribution in [0.4, 0.5) is 0 Å². The van der Waals surface area contributed by atoms with Crippen LogP contribution in [0.2, 0.25) is 0 Å². The third kappa shape index (κ3) is 3.74. The summed E-state index contributed by atoms with van der Waals surface area (Å²) < 4.78 is 6.95. The molecule has 0 unspecified atom stereocenters. The summed E-state index contributed by atoms with van der Waals surface area (Å²) in [5.74, 6) is 1.43. The number of aromatic nitrogens is 3. The van der Waals surface area contributed by atoms with Crippen LogP contribution >= 0.6 is 0 Å². The van der Waals surface area contributed by atoms with Crippen molar-refractivity contribution in [3.63, 3.8) is 0 Å². The summed E-state index contributed by atoms with van der Waals surface area (Å²) in [7, 11) is 1.60. The van der Waals surface area contributed by atoms with E-state index >= 15 is 0 Å². The van der Waals surface area contributed by atoms with Gasteiger partial charge in [0.15, 0.2) is 5.82 Å².